The molecule has 2 amide bonds. The Hall–Kier alpha value is -2.04. The van der Waals surface area contributed by atoms with Crippen LogP contribution in [0.25, 0.3) is 0 Å². The van der Waals surface area contributed by atoms with Crippen LogP contribution in [0.15, 0.2) is 24.3 Å². The molecule has 1 aliphatic carbocycles. The summed E-state index contributed by atoms with van der Waals surface area (Å²) in [5.74, 6) is 0.354. The number of benzene rings is 1. The van der Waals surface area contributed by atoms with Crippen LogP contribution in [-0.2, 0) is 9.59 Å². The normalized spacial score (nSPS) is 21.6. The smallest absolute Gasteiger partial charge is 0.268 e. The molecular formula is C14H16N2O3. The topological polar surface area (TPSA) is 58.6 Å². The number of ether oxygens (including phenoxy) is 1. The summed E-state index contributed by atoms with van der Waals surface area (Å²) in [6, 6.07) is 7.64. The zero-order valence-corrected chi connectivity index (χ0v) is 10.8. The van der Waals surface area contributed by atoms with Crippen molar-refractivity contribution in [1.82, 2.24) is 5.32 Å². The lowest BCUT2D eigenvalue weighted by Gasteiger charge is -2.31. The van der Waals surface area contributed by atoms with Gasteiger partial charge in [-0.15, -0.1) is 0 Å². The summed E-state index contributed by atoms with van der Waals surface area (Å²) in [5.41, 5.74) is 0.742. The Morgan fingerprint density at radius 2 is 2.16 bits per heavy atom. The van der Waals surface area contributed by atoms with Crippen LogP contribution in [0.1, 0.15) is 19.3 Å². The second-order valence-electron chi connectivity index (χ2n) is 5.02. The van der Waals surface area contributed by atoms with Crippen molar-refractivity contribution >= 4 is 17.5 Å². The molecule has 1 aromatic carbocycles. The van der Waals surface area contributed by atoms with Crippen molar-refractivity contribution in [3.63, 3.8) is 0 Å². The van der Waals surface area contributed by atoms with E-state index in [2.05, 4.69) is 5.32 Å². The fourth-order valence-electron chi connectivity index (χ4n) is 2.18. The minimum atomic E-state index is -0.723. The first-order valence-corrected chi connectivity index (χ1v) is 6.48. The number of hydrogen-bond acceptors (Lipinski definition) is 3. The predicted octanol–water partition coefficient (Wildman–Crippen LogP) is 1.08. The Balaban J connectivity index is 1.73. The van der Waals surface area contributed by atoms with E-state index in [4.69, 9.17) is 4.74 Å². The lowest BCUT2D eigenvalue weighted by Crippen LogP contribution is -2.46. The van der Waals surface area contributed by atoms with Crippen LogP contribution in [-0.4, -0.2) is 31.0 Å². The van der Waals surface area contributed by atoms with Gasteiger partial charge in [0.25, 0.3) is 5.91 Å². The quantitative estimate of drug-likeness (QED) is 0.884. The van der Waals surface area contributed by atoms with E-state index in [9.17, 15) is 9.59 Å². The summed E-state index contributed by atoms with van der Waals surface area (Å²) in [7, 11) is 1.70. The Morgan fingerprint density at radius 3 is 2.89 bits per heavy atom. The maximum atomic E-state index is 12.1. The van der Waals surface area contributed by atoms with Gasteiger partial charge in [-0.1, -0.05) is 12.1 Å². The van der Waals surface area contributed by atoms with Crippen LogP contribution in [0, 0.1) is 0 Å². The number of rotatable bonds is 3. The van der Waals surface area contributed by atoms with E-state index >= 15 is 0 Å². The third-order valence-electron chi connectivity index (χ3n) is 3.42. The average Bonchev–Trinajstić information content (AvgIpc) is 3.19. The molecule has 1 heterocycles. The van der Waals surface area contributed by atoms with Crippen molar-refractivity contribution in [3.8, 4) is 5.75 Å². The number of carbonyl (C=O) groups is 2. The predicted molar refractivity (Wildman–Crippen MR) is 70.0 cm³/mol. The molecule has 5 heteroatoms. The summed E-state index contributed by atoms with van der Waals surface area (Å²) in [6.45, 7) is 0. The first kappa shape index (κ1) is 12.0. The molecular weight excluding hydrogens is 244 g/mol. The van der Waals surface area contributed by atoms with Gasteiger partial charge in [0.1, 0.15) is 5.75 Å². The second-order valence-corrected chi connectivity index (χ2v) is 5.02. The molecule has 1 fully saturated rings. The summed E-state index contributed by atoms with van der Waals surface area (Å²) >= 11 is 0. The van der Waals surface area contributed by atoms with Crippen LogP contribution in [0.2, 0.25) is 0 Å². The molecule has 1 atom stereocenters. The van der Waals surface area contributed by atoms with E-state index in [0.29, 0.717) is 11.8 Å². The number of para-hydroxylation sites is 2. The highest BCUT2D eigenvalue weighted by molar-refractivity contribution is 6.01. The molecule has 1 N–H and O–H groups in total. The molecule has 1 unspecified atom stereocenters. The van der Waals surface area contributed by atoms with Crippen molar-refractivity contribution in [2.75, 3.05) is 11.9 Å². The molecule has 0 spiro atoms. The number of likely N-dealkylation sites (N-methyl/N-ethyl adjacent to an activating group) is 1. The fraction of sp³-hybridized carbons (Fsp3) is 0.429. The Labute approximate surface area is 111 Å². The number of anilines is 1. The van der Waals surface area contributed by atoms with E-state index < -0.39 is 6.10 Å². The zero-order valence-electron chi connectivity index (χ0n) is 10.8. The first-order valence-electron chi connectivity index (χ1n) is 6.48. The number of carbonyl (C=O) groups excluding carboxylic acids is 2. The first-order chi connectivity index (χ1) is 9.15. The molecule has 100 valence electrons. The zero-order chi connectivity index (χ0) is 13.4. The van der Waals surface area contributed by atoms with Crippen molar-refractivity contribution < 1.29 is 14.3 Å². The summed E-state index contributed by atoms with van der Waals surface area (Å²) in [5, 5.41) is 2.87. The minimum Gasteiger partial charge on any atom is -0.478 e. The van der Waals surface area contributed by atoms with Gasteiger partial charge in [0.05, 0.1) is 12.1 Å². The van der Waals surface area contributed by atoms with E-state index in [1.807, 2.05) is 24.3 Å². The van der Waals surface area contributed by atoms with Crippen LogP contribution >= 0.6 is 0 Å². The standard InChI is InChI=1S/C14H16N2O3/c1-16-10-4-2-3-5-11(10)19-12(14(16)18)8-13(17)15-9-6-7-9/h2-5,9,12H,6-8H2,1H3,(H,15,17). The molecule has 0 bridgehead atoms. The van der Waals surface area contributed by atoms with Gasteiger partial charge in [0, 0.05) is 13.1 Å². The SMILES string of the molecule is CN1C(=O)C(CC(=O)NC2CC2)Oc2ccccc21. The number of fused-ring (bicyclic) bond motifs is 1. The van der Waals surface area contributed by atoms with Crippen molar-refractivity contribution in [1.29, 1.82) is 0 Å². The molecule has 5 nitrogen and oxygen atoms in total. The largest absolute Gasteiger partial charge is 0.478 e. The lowest BCUT2D eigenvalue weighted by atomic mass is 10.1. The third kappa shape index (κ3) is 2.41. The van der Waals surface area contributed by atoms with Crippen LogP contribution in [0.4, 0.5) is 5.69 Å². The highest BCUT2D eigenvalue weighted by Crippen LogP contribution is 2.33. The monoisotopic (exact) mass is 260 g/mol. The molecule has 0 aromatic heterocycles. The Morgan fingerprint density at radius 1 is 1.42 bits per heavy atom. The summed E-state index contributed by atoms with van der Waals surface area (Å²) < 4.78 is 5.64. The molecule has 2 aliphatic rings. The van der Waals surface area contributed by atoms with E-state index in [1.165, 1.54) is 0 Å². The highest BCUT2D eigenvalue weighted by atomic mass is 16.5. The van der Waals surface area contributed by atoms with Gasteiger partial charge in [0.2, 0.25) is 5.91 Å². The van der Waals surface area contributed by atoms with Crippen molar-refractivity contribution in [3.05, 3.63) is 24.3 Å². The number of nitrogens with zero attached hydrogens (tertiary/aromatic N) is 1. The number of nitrogens with one attached hydrogen (secondary N) is 1. The molecule has 1 aliphatic heterocycles. The van der Waals surface area contributed by atoms with Gasteiger partial charge >= 0.3 is 0 Å². The van der Waals surface area contributed by atoms with Gasteiger partial charge in [0.15, 0.2) is 6.10 Å². The van der Waals surface area contributed by atoms with Crippen molar-refractivity contribution in [2.45, 2.75) is 31.4 Å². The summed E-state index contributed by atoms with van der Waals surface area (Å²) in [4.78, 5) is 25.5. The van der Waals surface area contributed by atoms with Gasteiger partial charge in [-0.2, -0.15) is 0 Å². The third-order valence-corrected chi connectivity index (χ3v) is 3.42. The fourth-order valence-corrected chi connectivity index (χ4v) is 2.18. The molecule has 0 saturated heterocycles. The highest BCUT2D eigenvalue weighted by Gasteiger charge is 2.34. The lowest BCUT2D eigenvalue weighted by molar-refractivity contribution is -0.132. The van der Waals surface area contributed by atoms with E-state index in [0.717, 1.165) is 18.5 Å². The van der Waals surface area contributed by atoms with Crippen LogP contribution in [0.3, 0.4) is 0 Å². The Kier molecular flexibility index (Phi) is 2.89. The van der Waals surface area contributed by atoms with Gasteiger partial charge in [-0.3, -0.25) is 9.59 Å². The van der Waals surface area contributed by atoms with Gasteiger partial charge in [-0.05, 0) is 25.0 Å². The van der Waals surface area contributed by atoms with E-state index in [-0.39, 0.29) is 18.2 Å². The maximum Gasteiger partial charge on any atom is 0.268 e. The van der Waals surface area contributed by atoms with Crippen molar-refractivity contribution in [2.24, 2.45) is 0 Å². The molecule has 1 saturated carbocycles. The van der Waals surface area contributed by atoms with Crippen LogP contribution < -0.4 is 15.0 Å². The minimum absolute atomic E-state index is 0.0774. The van der Waals surface area contributed by atoms with E-state index in [1.54, 1.807) is 11.9 Å². The number of hydrogen-bond donors (Lipinski definition) is 1. The maximum absolute atomic E-state index is 12.1. The van der Waals surface area contributed by atoms with Crippen LogP contribution in [0.5, 0.6) is 5.75 Å². The number of amides is 2. The van der Waals surface area contributed by atoms with Gasteiger partial charge in [-0.25, -0.2) is 0 Å². The molecule has 3 rings (SSSR count). The second kappa shape index (κ2) is 4.57. The molecule has 1 aromatic rings. The van der Waals surface area contributed by atoms with Gasteiger partial charge < -0.3 is 15.0 Å². The average molecular weight is 260 g/mol. The Bertz CT molecular complexity index is 525. The molecule has 19 heavy (non-hydrogen) atoms. The molecule has 0 radical (unpaired) electrons. The summed E-state index contributed by atoms with van der Waals surface area (Å²) in [6.07, 6.45) is 1.43.